The van der Waals surface area contributed by atoms with Gasteiger partial charge in [0.25, 0.3) is 5.91 Å². The van der Waals surface area contributed by atoms with Gasteiger partial charge in [0.15, 0.2) is 0 Å². The van der Waals surface area contributed by atoms with Gasteiger partial charge in [-0.2, -0.15) is 0 Å². The lowest BCUT2D eigenvalue weighted by Gasteiger charge is -2.51. The number of benzene rings is 2. The third-order valence-corrected chi connectivity index (χ3v) is 5.96. The molecule has 1 unspecified atom stereocenters. The van der Waals surface area contributed by atoms with Gasteiger partial charge in [0.1, 0.15) is 17.7 Å². The predicted molar refractivity (Wildman–Crippen MR) is 106 cm³/mol. The third kappa shape index (κ3) is 2.14. The average Bonchev–Trinajstić information content (AvgIpc) is 3.05. The van der Waals surface area contributed by atoms with Gasteiger partial charge in [-0.3, -0.25) is 4.79 Å². The molecule has 0 spiro atoms. The Morgan fingerprint density at radius 1 is 1.14 bits per heavy atom. The topological polar surface area (TPSA) is 37.7 Å². The van der Waals surface area contributed by atoms with E-state index in [9.17, 15) is 9.18 Å². The van der Waals surface area contributed by atoms with Crippen LogP contribution in [0.2, 0.25) is 0 Å². The molecular formula is C22H22FN3O2. The van der Waals surface area contributed by atoms with E-state index in [4.69, 9.17) is 4.74 Å². The molecule has 5 rings (SSSR count). The van der Waals surface area contributed by atoms with Crippen LogP contribution in [-0.4, -0.2) is 36.1 Å². The van der Waals surface area contributed by atoms with Gasteiger partial charge in [-0.25, -0.2) is 4.39 Å². The molecule has 0 aliphatic carbocycles. The molecule has 3 heterocycles. The van der Waals surface area contributed by atoms with E-state index in [1.165, 1.54) is 12.1 Å². The van der Waals surface area contributed by atoms with Gasteiger partial charge in [-0.1, -0.05) is 0 Å². The highest BCUT2D eigenvalue weighted by atomic mass is 19.1. The van der Waals surface area contributed by atoms with Crippen LogP contribution in [0.15, 0.2) is 42.5 Å². The van der Waals surface area contributed by atoms with Crippen LogP contribution in [0.25, 0.3) is 10.9 Å². The van der Waals surface area contributed by atoms with Crippen molar-refractivity contribution in [3.05, 3.63) is 59.5 Å². The predicted octanol–water partition coefficient (Wildman–Crippen LogP) is 4.13. The number of carbonyl (C=O) groups excluding carboxylic acids is 1. The Labute approximate surface area is 162 Å². The first kappa shape index (κ1) is 17.1. The van der Waals surface area contributed by atoms with Gasteiger partial charge in [0, 0.05) is 24.5 Å². The van der Waals surface area contributed by atoms with Gasteiger partial charge in [0.05, 0.1) is 29.6 Å². The second-order valence-corrected chi connectivity index (χ2v) is 8.22. The molecule has 2 aliphatic heterocycles. The fourth-order valence-corrected chi connectivity index (χ4v) is 4.80. The first-order chi connectivity index (χ1) is 13.3. The van der Waals surface area contributed by atoms with E-state index < -0.39 is 5.82 Å². The molecule has 0 fully saturated rings. The normalized spacial score (nSPS) is 20.0. The molecule has 6 heteroatoms. The summed E-state index contributed by atoms with van der Waals surface area (Å²) in [5.41, 5.74) is 3.03. The molecule has 5 nitrogen and oxygen atoms in total. The van der Waals surface area contributed by atoms with Crippen molar-refractivity contribution >= 4 is 22.5 Å². The molecule has 28 heavy (non-hydrogen) atoms. The van der Waals surface area contributed by atoms with Gasteiger partial charge >= 0.3 is 0 Å². The van der Waals surface area contributed by atoms with Crippen molar-refractivity contribution in [1.29, 1.82) is 0 Å². The molecule has 2 aliphatic rings. The molecule has 0 saturated carbocycles. The largest absolute Gasteiger partial charge is 0.497 e. The average molecular weight is 379 g/mol. The van der Waals surface area contributed by atoms with Crippen molar-refractivity contribution in [2.75, 3.05) is 25.6 Å². The van der Waals surface area contributed by atoms with Gasteiger partial charge in [-0.15, -0.1) is 0 Å². The first-order valence-corrected chi connectivity index (χ1v) is 9.35. The summed E-state index contributed by atoms with van der Waals surface area (Å²) in [5.74, 6) is 0.287. The van der Waals surface area contributed by atoms with Crippen molar-refractivity contribution in [2.45, 2.75) is 25.6 Å². The lowest BCUT2D eigenvalue weighted by molar-refractivity contribution is 0.0462. The van der Waals surface area contributed by atoms with E-state index >= 15 is 0 Å². The third-order valence-electron chi connectivity index (χ3n) is 5.96. The second kappa shape index (κ2) is 5.50. The van der Waals surface area contributed by atoms with E-state index in [1.54, 1.807) is 13.2 Å². The molecular weight excluding hydrogens is 357 g/mol. The molecule has 0 bridgehead atoms. The molecule has 1 amide bonds. The monoisotopic (exact) mass is 379 g/mol. The summed E-state index contributed by atoms with van der Waals surface area (Å²) in [7, 11) is 3.62. The zero-order valence-electron chi connectivity index (χ0n) is 16.4. The van der Waals surface area contributed by atoms with Crippen molar-refractivity contribution in [1.82, 2.24) is 9.47 Å². The minimum Gasteiger partial charge on any atom is -0.497 e. The maximum atomic E-state index is 13.8. The van der Waals surface area contributed by atoms with E-state index in [2.05, 4.69) is 35.4 Å². The van der Waals surface area contributed by atoms with E-state index in [-0.39, 0.29) is 17.6 Å². The quantitative estimate of drug-likeness (QED) is 0.638. The maximum absolute atomic E-state index is 13.8. The number of carbonyl (C=O) groups is 1. The van der Waals surface area contributed by atoms with Crippen LogP contribution < -0.4 is 9.64 Å². The molecule has 1 atom stereocenters. The number of fused-ring (bicyclic) bond motifs is 6. The summed E-state index contributed by atoms with van der Waals surface area (Å²) in [6.45, 7) is 4.80. The van der Waals surface area contributed by atoms with Crippen LogP contribution in [-0.2, 0) is 5.54 Å². The van der Waals surface area contributed by atoms with Crippen LogP contribution in [0, 0.1) is 5.82 Å². The summed E-state index contributed by atoms with van der Waals surface area (Å²) >= 11 is 0. The van der Waals surface area contributed by atoms with Gasteiger partial charge < -0.3 is 19.1 Å². The Morgan fingerprint density at radius 2 is 1.93 bits per heavy atom. The molecule has 144 valence electrons. The van der Waals surface area contributed by atoms with Crippen LogP contribution in [0.1, 0.15) is 36.1 Å². The minimum atomic E-state index is -0.392. The Bertz CT molecular complexity index is 1130. The minimum absolute atomic E-state index is 0.125. The van der Waals surface area contributed by atoms with Crippen molar-refractivity contribution < 1.29 is 13.9 Å². The Hall–Kier alpha value is -3.02. The number of anilines is 1. The standard InChI is InChI=1S/C22H22FN3O2/c1-22(2)12-25-20(24(3)18-7-5-14(23)11-16(18)21(25)27)19-10-13-9-15(28-4)6-8-17(13)26(19)22/h5-11,20H,12H2,1-4H3. The summed E-state index contributed by atoms with van der Waals surface area (Å²) < 4.78 is 21.5. The Morgan fingerprint density at radius 3 is 2.68 bits per heavy atom. The fourth-order valence-electron chi connectivity index (χ4n) is 4.80. The lowest BCUT2D eigenvalue weighted by atomic mass is 9.95. The zero-order chi connectivity index (χ0) is 19.8. The summed E-state index contributed by atoms with van der Waals surface area (Å²) in [4.78, 5) is 17.2. The lowest BCUT2D eigenvalue weighted by Crippen LogP contribution is -2.57. The number of hydrogen-bond donors (Lipinski definition) is 0. The smallest absolute Gasteiger partial charge is 0.258 e. The molecule has 0 radical (unpaired) electrons. The van der Waals surface area contributed by atoms with E-state index in [0.717, 1.165) is 28.0 Å². The van der Waals surface area contributed by atoms with Crippen molar-refractivity contribution in [2.24, 2.45) is 0 Å². The van der Waals surface area contributed by atoms with Gasteiger partial charge in [0.2, 0.25) is 0 Å². The number of rotatable bonds is 1. The molecule has 0 saturated heterocycles. The molecule has 3 aromatic rings. The zero-order valence-corrected chi connectivity index (χ0v) is 16.4. The van der Waals surface area contributed by atoms with Crippen LogP contribution in [0.3, 0.4) is 0 Å². The second-order valence-electron chi connectivity index (χ2n) is 8.22. The van der Waals surface area contributed by atoms with Crippen LogP contribution >= 0.6 is 0 Å². The highest BCUT2D eigenvalue weighted by Crippen LogP contribution is 2.46. The molecule has 0 N–H and O–H groups in total. The first-order valence-electron chi connectivity index (χ1n) is 9.35. The van der Waals surface area contributed by atoms with Crippen LogP contribution in [0.5, 0.6) is 5.75 Å². The summed E-state index contributed by atoms with van der Waals surface area (Å²) in [5, 5.41) is 1.08. The highest BCUT2D eigenvalue weighted by Gasteiger charge is 2.46. The fraction of sp³-hybridized carbons (Fsp3) is 0.318. The van der Waals surface area contributed by atoms with E-state index in [0.29, 0.717) is 12.1 Å². The number of aromatic nitrogens is 1. The van der Waals surface area contributed by atoms with Crippen molar-refractivity contribution in [3.8, 4) is 5.75 Å². The molecule has 1 aromatic heterocycles. The number of amides is 1. The number of hydrogen-bond acceptors (Lipinski definition) is 3. The summed E-state index contributed by atoms with van der Waals surface area (Å²) in [6, 6.07) is 12.6. The maximum Gasteiger partial charge on any atom is 0.258 e. The Balaban J connectivity index is 1.76. The number of methoxy groups -OCH3 is 1. The molecule has 2 aromatic carbocycles. The number of halogens is 1. The van der Waals surface area contributed by atoms with Crippen LogP contribution in [0.4, 0.5) is 10.1 Å². The Kier molecular flexibility index (Phi) is 3.36. The number of nitrogens with zero attached hydrogens (tertiary/aromatic N) is 3. The van der Waals surface area contributed by atoms with E-state index in [1.807, 2.05) is 24.1 Å². The van der Waals surface area contributed by atoms with Crippen molar-refractivity contribution in [3.63, 3.8) is 0 Å². The van der Waals surface area contributed by atoms with Gasteiger partial charge in [-0.05, 0) is 56.3 Å². The summed E-state index contributed by atoms with van der Waals surface area (Å²) in [6.07, 6.45) is -0.239. The SMILES string of the molecule is COc1ccc2c(c1)cc1n2C(C)(C)CN2C(=O)c3cc(F)ccc3N(C)C12. The number of ether oxygens (including phenoxy) is 1. The highest BCUT2D eigenvalue weighted by molar-refractivity contribution is 6.02.